The van der Waals surface area contributed by atoms with Gasteiger partial charge in [-0.05, 0) is 208 Å². The van der Waals surface area contributed by atoms with Crippen LogP contribution in [-0.2, 0) is 0 Å². The van der Waals surface area contributed by atoms with Gasteiger partial charge in [0, 0.05) is 0 Å². The summed E-state index contributed by atoms with van der Waals surface area (Å²) in [6.45, 7) is 0. The second kappa shape index (κ2) is 11.6. The van der Waals surface area contributed by atoms with Crippen LogP contribution in [0, 0.1) is 0 Å². The summed E-state index contributed by atoms with van der Waals surface area (Å²) in [5.74, 6) is 0. The zero-order valence-electron chi connectivity index (χ0n) is 33.2. The predicted octanol–water partition coefficient (Wildman–Crippen LogP) is 15.5. The molecular weight excluding hydrogens is 757 g/mol. The molecule has 0 bridgehead atoms. The molecule has 62 heavy (non-hydrogen) atoms. The van der Waals surface area contributed by atoms with Crippen molar-refractivity contribution in [2.45, 2.75) is 0 Å². The van der Waals surface area contributed by atoms with Crippen LogP contribution in [-0.4, -0.2) is 29.9 Å². The van der Waals surface area contributed by atoms with E-state index in [1.807, 2.05) is 0 Å². The summed E-state index contributed by atoms with van der Waals surface area (Å²) in [5, 5.41) is 19.5. The van der Waals surface area contributed by atoms with Gasteiger partial charge in [-0.15, -0.1) is 0 Å². The highest BCUT2D eigenvalue weighted by Crippen LogP contribution is 2.35. The van der Waals surface area contributed by atoms with E-state index in [2.05, 4.69) is 200 Å². The molecule has 0 saturated heterocycles. The van der Waals surface area contributed by atoms with Crippen molar-refractivity contribution in [1.82, 2.24) is 29.9 Å². The first-order valence-corrected chi connectivity index (χ1v) is 21.2. The maximum absolute atomic E-state index is 3.79. The summed E-state index contributed by atoms with van der Waals surface area (Å²) in [6, 6.07) is 62.7. The van der Waals surface area contributed by atoms with Gasteiger partial charge in [0.1, 0.15) is 0 Å². The van der Waals surface area contributed by atoms with Crippen molar-refractivity contribution in [2.75, 3.05) is 0 Å². The molecule has 15 rings (SSSR count). The molecule has 6 N–H and O–H groups in total. The van der Waals surface area contributed by atoms with Gasteiger partial charge in [0.15, 0.2) is 0 Å². The molecule has 0 aliphatic heterocycles. The van der Waals surface area contributed by atoms with E-state index < -0.39 is 0 Å². The SMILES string of the molecule is c1ccc2cc3cc4[nH]c5cc6cc7cc8[nH]c9cc%10cc%11cc%12[nH]c%13cc%14cc%15ccccc%15cc%14cc%13[nH]c%12cc%11cc%10cc9[nH]c8cc7cc6cc5[nH]c4cc3cc2c1. The molecule has 6 nitrogen and oxygen atoms in total. The number of aromatic amines is 6. The van der Waals surface area contributed by atoms with Gasteiger partial charge in [-0.1, -0.05) is 48.5 Å². The van der Waals surface area contributed by atoms with Crippen LogP contribution < -0.4 is 0 Å². The van der Waals surface area contributed by atoms with Crippen molar-refractivity contribution < 1.29 is 0 Å². The van der Waals surface area contributed by atoms with Gasteiger partial charge in [-0.3, -0.25) is 0 Å². The molecule has 0 amide bonds. The normalized spacial score (nSPS) is 12.5. The predicted molar refractivity (Wildman–Crippen MR) is 264 cm³/mol. The molecule has 0 radical (unpaired) electrons. The van der Waals surface area contributed by atoms with Gasteiger partial charge in [0.05, 0.1) is 66.2 Å². The third-order valence-electron chi connectivity index (χ3n) is 13.4. The smallest absolute Gasteiger partial charge is 0.0630 e. The Balaban J connectivity index is 0.846. The molecule has 0 saturated carbocycles. The van der Waals surface area contributed by atoms with Gasteiger partial charge < -0.3 is 29.9 Å². The molecule has 0 fully saturated rings. The number of benzene rings is 12. The number of hydrogen-bond donors (Lipinski definition) is 6. The zero-order valence-corrected chi connectivity index (χ0v) is 33.2. The summed E-state index contributed by atoms with van der Waals surface area (Å²) in [7, 11) is 0. The van der Waals surface area contributed by atoms with Crippen molar-refractivity contribution in [3.05, 3.63) is 170 Å². The highest BCUT2D eigenvalue weighted by molar-refractivity contribution is 6.12. The number of fused-ring (bicyclic) bond motifs is 14. The summed E-state index contributed by atoms with van der Waals surface area (Å²) < 4.78 is 0. The number of nitrogens with one attached hydrogen (secondary N) is 6. The second-order valence-electron chi connectivity index (χ2n) is 17.3. The molecule has 0 aliphatic carbocycles. The highest BCUT2D eigenvalue weighted by Gasteiger charge is 2.11. The number of rotatable bonds is 0. The lowest BCUT2D eigenvalue weighted by atomic mass is 10.0. The van der Waals surface area contributed by atoms with Crippen molar-refractivity contribution in [2.24, 2.45) is 0 Å². The molecular formula is C56H34N6. The van der Waals surface area contributed by atoms with E-state index in [4.69, 9.17) is 0 Å². The first kappa shape index (κ1) is 32.4. The molecule has 3 aromatic heterocycles. The molecule has 12 aromatic carbocycles. The summed E-state index contributed by atoms with van der Waals surface area (Å²) in [5.41, 5.74) is 12.9. The second-order valence-corrected chi connectivity index (χ2v) is 17.3. The summed E-state index contributed by atoms with van der Waals surface area (Å²) in [6.07, 6.45) is 0. The average Bonchev–Trinajstić information content (AvgIpc) is 3.28. The number of H-pyrrole nitrogens is 6. The lowest BCUT2D eigenvalue weighted by Crippen LogP contribution is -1.91. The molecule has 3 heterocycles. The Bertz CT molecular complexity index is 4000. The first-order chi connectivity index (χ1) is 30.5. The minimum Gasteiger partial charge on any atom is -0.352 e. The lowest BCUT2D eigenvalue weighted by Gasteiger charge is -2.12. The van der Waals surface area contributed by atoms with Gasteiger partial charge in [0.25, 0.3) is 0 Å². The number of aromatic nitrogens is 6. The molecule has 15 aromatic rings. The Morgan fingerprint density at radius 3 is 0.419 bits per heavy atom. The Morgan fingerprint density at radius 2 is 0.274 bits per heavy atom. The third-order valence-corrected chi connectivity index (χ3v) is 13.4. The van der Waals surface area contributed by atoms with E-state index in [-0.39, 0.29) is 0 Å². The van der Waals surface area contributed by atoms with Crippen LogP contribution in [0.3, 0.4) is 0 Å². The van der Waals surface area contributed by atoms with Crippen LogP contribution in [0.2, 0.25) is 0 Å². The van der Waals surface area contributed by atoms with Crippen LogP contribution in [0.5, 0.6) is 0 Å². The summed E-state index contributed by atoms with van der Waals surface area (Å²) >= 11 is 0. The van der Waals surface area contributed by atoms with Crippen molar-refractivity contribution in [1.29, 1.82) is 0 Å². The topological polar surface area (TPSA) is 94.7 Å². The van der Waals surface area contributed by atoms with E-state index in [1.165, 1.54) is 86.2 Å². The fraction of sp³-hybridized carbons (Fsp3) is 0. The van der Waals surface area contributed by atoms with Gasteiger partial charge >= 0.3 is 0 Å². The van der Waals surface area contributed by atoms with E-state index >= 15 is 0 Å². The fourth-order valence-electron chi connectivity index (χ4n) is 10.3. The highest BCUT2D eigenvalue weighted by atomic mass is 14.8. The fourth-order valence-corrected chi connectivity index (χ4v) is 10.3. The van der Waals surface area contributed by atoms with Crippen LogP contribution in [0.4, 0.5) is 0 Å². The Morgan fingerprint density at radius 1 is 0.145 bits per heavy atom. The molecule has 0 atom stereocenters. The molecule has 0 unspecified atom stereocenters. The molecule has 288 valence electrons. The van der Waals surface area contributed by atoms with Crippen LogP contribution in [0.1, 0.15) is 0 Å². The minimum atomic E-state index is 1.07. The maximum Gasteiger partial charge on any atom is 0.0630 e. The Kier molecular flexibility index (Phi) is 6.07. The van der Waals surface area contributed by atoms with E-state index in [1.54, 1.807) is 0 Å². The lowest BCUT2D eigenvalue weighted by molar-refractivity contribution is 1.41. The van der Waals surface area contributed by atoms with Crippen molar-refractivity contribution in [3.8, 4) is 0 Å². The third kappa shape index (κ3) is 4.80. The monoisotopic (exact) mass is 790 g/mol. The maximum atomic E-state index is 3.79. The van der Waals surface area contributed by atoms with E-state index in [0.717, 1.165) is 66.2 Å². The van der Waals surface area contributed by atoms with Crippen LogP contribution in [0.15, 0.2) is 170 Å². The van der Waals surface area contributed by atoms with Gasteiger partial charge in [-0.25, -0.2) is 0 Å². The first-order valence-electron chi connectivity index (χ1n) is 21.2. The molecule has 0 aliphatic rings. The summed E-state index contributed by atoms with van der Waals surface area (Å²) in [4.78, 5) is 22.6. The molecule has 0 spiro atoms. The van der Waals surface area contributed by atoms with Gasteiger partial charge in [0.2, 0.25) is 0 Å². The molecule has 6 heteroatoms. The van der Waals surface area contributed by atoms with Crippen LogP contribution in [0.25, 0.3) is 152 Å². The van der Waals surface area contributed by atoms with Crippen LogP contribution >= 0.6 is 0 Å². The number of hydrogen-bond acceptors (Lipinski definition) is 0. The van der Waals surface area contributed by atoms with Crippen molar-refractivity contribution >= 4 is 152 Å². The van der Waals surface area contributed by atoms with E-state index in [9.17, 15) is 0 Å². The average molecular weight is 791 g/mol. The zero-order chi connectivity index (χ0) is 40.2. The van der Waals surface area contributed by atoms with E-state index in [0.29, 0.717) is 0 Å². The van der Waals surface area contributed by atoms with Gasteiger partial charge in [-0.2, -0.15) is 0 Å². The standard InChI is InChI=1S/C56H34N6/c1-2-6-30-10-34-18-46-45(17-33(34)9-29(30)5-1)57-49-21-37-13-41-25-53-54(26-42(41)14-38(37)22-50(49)58-46)62-56-28-44-16-40-24-52-51(23-39(40)15-43(44)27-55(56)61-53)59-47-19-35-11-31-7-3-4-8-32(31)12-36(35)20-48(47)60-52/h1-28,57-62H. The Labute approximate surface area is 350 Å². The Hall–Kier alpha value is -8.48. The quantitative estimate of drug-likeness (QED) is 0.0826. The minimum absolute atomic E-state index is 1.07. The van der Waals surface area contributed by atoms with Crippen molar-refractivity contribution in [3.63, 3.8) is 0 Å². The largest absolute Gasteiger partial charge is 0.352 e.